The lowest BCUT2D eigenvalue weighted by Gasteiger charge is -2.06. The molecule has 2 aromatic heterocycles. The van der Waals surface area contributed by atoms with Gasteiger partial charge in [0.05, 0.1) is 21.3 Å². The first kappa shape index (κ1) is 14.3. The number of halogens is 2. The number of rotatable bonds is 5. The second-order valence-corrected chi connectivity index (χ2v) is 5.77. The third kappa shape index (κ3) is 3.66. The Bertz CT molecular complexity index is 558. The third-order valence-electron chi connectivity index (χ3n) is 2.56. The molecule has 19 heavy (non-hydrogen) atoms. The van der Waals surface area contributed by atoms with Crippen molar-refractivity contribution in [3.05, 3.63) is 33.2 Å². The number of nitrogens with zero attached hydrogens (tertiary/aromatic N) is 4. The summed E-state index contributed by atoms with van der Waals surface area (Å²) in [6.07, 6.45) is 6.07. The molecular weight excluding hydrogens is 378 g/mol. The van der Waals surface area contributed by atoms with Crippen molar-refractivity contribution in [2.75, 3.05) is 6.54 Å². The fourth-order valence-electron chi connectivity index (χ4n) is 1.65. The van der Waals surface area contributed by atoms with Crippen LogP contribution >= 0.6 is 31.9 Å². The van der Waals surface area contributed by atoms with Gasteiger partial charge in [-0.25, -0.2) is 0 Å². The molecule has 0 saturated carbocycles. The quantitative estimate of drug-likeness (QED) is 0.793. The van der Waals surface area contributed by atoms with Gasteiger partial charge in [-0.2, -0.15) is 10.2 Å². The molecule has 6 nitrogen and oxygen atoms in total. The van der Waals surface area contributed by atoms with Crippen LogP contribution in [0.2, 0.25) is 0 Å². The standard InChI is InChI=1S/C11H13Br2N5O/c1-17-10(9(13)6-15-17)11(19)14-3-2-4-18-7-8(12)5-16-18/h5-7H,2-4H2,1H3,(H,14,19). The van der Waals surface area contributed by atoms with Gasteiger partial charge in [-0.15, -0.1) is 0 Å². The van der Waals surface area contributed by atoms with Gasteiger partial charge in [0, 0.05) is 26.3 Å². The Morgan fingerprint density at radius 2 is 2.16 bits per heavy atom. The van der Waals surface area contributed by atoms with E-state index in [-0.39, 0.29) is 5.91 Å². The van der Waals surface area contributed by atoms with Gasteiger partial charge in [-0.3, -0.25) is 14.2 Å². The highest BCUT2D eigenvalue weighted by Gasteiger charge is 2.14. The third-order valence-corrected chi connectivity index (χ3v) is 3.55. The first-order valence-electron chi connectivity index (χ1n) is 5.71. The summed E-state index contributed by atoms with van der Waals surface area (Å²) in [4.78, 5) is 11.9. The molecule has 0 aliphatic carbocycles. The minimum absolute atomic E-state index is 0.131. The molecule has 8 heteroatoms. The smallest absolute Gasteiger partial charge is 0.270 e. The van der Waals surface area contributed by atoms with Crippen LogP contribution in [0.3, 0.4) is 0 Å². The number of carbonyl (C=O) groups excluding carboxylic acids is 1. The van der Waals surface area contributed by atoms with Crippen molar-refractivity contribution in [3.8, 4) is 0 Å². The van der Waals surface area contributed by atoms with Gasteiger partial charge in [0.25, 0.3) is 5.91 Å². The Morgan fingerprint density at radius 1 is 1.37 bits per heavy atom. The SMILES string of the molecule is Cn1ncc(Br)c1C(=O)NCCCn1cc(Br)cn1. The van der Waals surface area contributed by atoms with E-state index < -0.39 is 0 Å². The molecule has 0 aliphatic heterocycles. The zero-order valence-corrected chi connectivity index (χ0v) is 13.5. The van der Waals surface area contributed by atoms with Crippen molar-refractivity contribution in [3.63, 3.8) is 0 Å². The number of aryl methyl sites for hydroxylation is 2. The van der Waals surface area contributed by atoms with E-state index >= 15 is 0 Å². The minimum atomic E-state index is -0.131. The van der Waals surface area contributed by atoms with Crippen LogP contribution in [0.1, 0.15) is 16.9 Å². The number of hydrogen-bond donors (Lipinski definition) is 1. The summed E-state index contributed by atoms with van der Waals surface area (Å²) >= 11 is 6.64. The zero-order valence-electron chi connectivity index (χ0n) is 10.3. The van der Waals surface area contributed by atoms with Gasteiger partial charge in [0.15, 0.2) is 0 Å². The number of aromatic nitrogens is 4. The molecule has 0 aromatic carbocycles. The lowest BCUT2D eigenvalue weighted by molar-refractivity contribution is 0.0942. The molecular formula is C11H13Br2N5O. The maximum absolute atomic E-state index is 11.9. The lowest BCUT2D eigenvalue weighted by Crippen LogP contribution is -2.27. The number of carbonyl (C=O) groups is 1. The second kappa shape index (κ2) is 6.33. The highest BCUT2D eigenvalue weighted by Crippen LogP contribution is 2.14. The number of amides is 1. The predicted molar refractivity (Wildman–Crippen MR) is 77.8 cm³/mol. The van der Waals surface area contributed by atoms with Crippen molar-refractivity contribution in [2.45, 2.75) is 13.0 Å². The van der Waals surface area contributed by atoms with Crippen LogP contribution < -0.4 is 5.32 Å². The molecule has 0 radical (unpaired) electrons. The van der Waals surface area contributed by atoms with Crippen LogP contribution in [0.4, 0.5) is 0 Å². The van der Waals surface area contributed by atoms with E-state index in [4.69, 9.17) is 0 Å². The molecule has 0 fully saturated rings. The molecule has 2 aromatic rings. The number of hydrogen-bond acceptors (Lipinski definition) is 3. The highest BCUT2D eigenvalue weighted by atomic mass is 79.9. The van der Waals surface area contributed by atoms with Crippen molar-refractivity contribution in [1.82, 2.24) is 24.9 Å². The van der Waals surface area contributed by atoms with Gasteiger partial charge in [0.2, 0.25) is 0 Å². The van der Waals surface area contributed by atoms with Gasteiger partial charge in [0.1, 0.15) is 5.69 Å². The van der Waals surface area contributed by atoms with Crippen molar-refractivity contribution in [1.29, 1.82) is 0 Å². The molecule has 1 N–H and O–H groups in total. The molecule has 0 aliphatic rings. The first-order valence-corrected chi connectivity index (χ1v) is 7.30. The van der Waals surface area contributed by atoms with Crippen LogP contribution in [-0.2, 0) is 13.6 Å². The molecule has 0 atom stereocenters. The summed E-state index contributed by atoms with van der Waals surface area (Å²) in [5.41, 5.74) is 0.529. The van der Waals surface area contributed by atoms with Crippen molar-refractivity contribution in [2.24, 2.45) is 7.05 Å². The number of nitrogens with one attached hydrogen (secondary N) is 1. The maximum atomic E-state index is 11.9. The normalized spacial score (nSPS) is 10.7. The van der Waals surface area contributed by atoms with E-state index in [0.717, 1.165) is 17.4 Å². The fraction of sp³-hybridized carbons (Fsp3) is 0.364. The Kier molecular flexibility index (Phi) is 4.76. The Labute approximate surface area is 127 Å². The van der Waals surface area contributed by atoms with Crippen LogP contribution in [0, 0.1) is 0 Å². The Balaban J connectivity index is 1.78. The van der Waals surface area contributed by atoms with Gasteiger partial charge in [-0.1, -0.05) is 0 Å². The lowest BCUT2D eigenvalue weighted by atomic mass is 10.3. The molecule has 2 heterocycles. The average molecular weight is 391 g/mol. The largest absolute Gasteiger partial charge is 0.351 e. The molecule has 2 rings (SSSR count). The fourth-order valence-corrected chi connectivity index (χ4v) is 2.51. The van der Waals surface area contributed by atoms with E-state index in [1.54, 1.807) is 24.1 Å². The van der Waals surface area contributed by atoms with E-state index in [0.29, 0.717) is 16.7 Å². The van der Waals surface area contributed by atoms with E-state index in [1.165, 1.54) is 0 Å². The van der Waals surface area contributed by atoms with Crippen LogP contribution in [0.15, 0.2) is 27.5 Å². The summed E-state index contributed by atoms with van der Waals surface area (Å²) in [6.45, 7) is 1.35. The summed E-state index contributed by atoms with van der Waals surface area (Å²) in [7, 11) is 1.74. The first-order chi connectivity index (χ1) is 9.08. The van der Waals surface area contributed by atoms with Gasteiger partial charge >= 0.3 is 0 Å². The topological polar surface area (TPSA) is 64.7 Å². The summed E-state index contributed by atoms with van der Waals surface area (Å²) in [5.74, 6) is -0.131. The predicted octanol–water partition coefficient (Wildman–Crippen LogP) is 1.96. The Morgan fingerprint density at radius 3 is 2.74 bits per heavy atom. The van der Waals surface area contributed by atoms with Gasteiger partial charge in [-0.05, 0) is 38.3 Å². The highest BCUT2D eigenvalue weighted by molar-refractivity contribution is 9.10. The van der Waals surface area contributed by atoms with Gasteiger partial charge < -0.3 is 5.32 Å². The zero-order chi connectivity index (χ0) is 13.8. The molecule has 102 valence electrons. The van der Waals surface area contributed by atoms with Crippen molar-refractivity contribution < 1.29 is 4.79 Å². The monoisotopic (exact) mass is 389 g/mol. The van der Waals surface area contributed by atoms with E-state index in [2.05, 4.69) is 47.4 Å². The summed E-state index contributed by atoms with van der Waals surface area (Å²) in [5, 5.41) is 11.0. The summed E-state index contributed by atoms with van der Waals surface area (Å²) < 4.78 is 5.03. The van der Waals surface area contributed by atoms with Crippen LogP contribution in [-0.4, -0.2) is 32.0 Å². The molecule has 0 bridgehead atoms. The maximum Gasteiger partial charge on any atom is 0.270 e. The average Bonchev–Trinajstić information content (AvgIpc) is 2.91. The second-order valence-electron chi connectivity index (χ2n) is 4.00. The molecule has 1 amide bonds. The minimum Gasteiger partial charge on any atom is -0.351 e. The van der Waals surface area contributed by atoms with Crippen LogP contribution in [0.5, 0.6) is 0 Å². The molecule has 0 saturated heterocycles. The van der Waals surface area contributed by atoms with Crippen molar-refractivity contribution >= 4 is 37.8 Å². The molecule has 0 spiro atoms. The van der Waals surface area contributed by atoms with E-state index in [9.17, 15) is 4.79 Å². The van der Waals surface area contributed by atoms with E-state index in [1.807, 2.05) is 10.9 Å². The van der Waals surface area contributed by atoms with Crippen LogP contribution in [0.25, 0.3) is 0 Å². The summed E-state index contributed by atoms with van der Waals surface area (Å²) in [6, 6.07) is 0. The molecule has 0 unspecified atom stereocenters. The Hall–Kier alpha value is -1.15.